The molecular weight excluding hydrogens is 1070 g/mol. The van der Waals surface area contributed by atoms with E-state index < -0.39 is 197 Å². The molecule has 4 saturated heterocycles. The maximum absolute atomic E-state index is 12.9. The molecule has 0 aromatic carbocycles. The summed E-state index contributed by atoms with van der Waals surface area (Å²) in [6.45, 7) is -2.04. The van der Waals surface area contributed by atoms with Crippen molar-refractivity contribution in [2.75, 3.05) is 34.0 Å². The number of methoxy groups -OCH3 is 2. The number of esters is 2. The van der Waals surface area contributed by atoms with Crippen LogP contribution in [0.15, 0.2) is 24.3 Å². The number of rotatable bonds is 18. The van der Waals surface area contributed by atoms with Gasteiger partial charge in [-0.2, -0.15) is 0 Å². The molecule has 0 radical (unpaired) electrons. The van der Waals surface area contributed by atoms with Crippen LogP contribution in [-0.4, -0.2) is 281 Å². The molecule has 80 heavy (non-hydrogen) atoms. The smallest absolute Gasteiger partial charge is 0.330 e. The number of hydrogen-bond donors (Lipinski definition) is 14. The zero-order valence-electron chi connectivity index (χ0n) is 44.8. The first-order valence-corrected chi connectivity index (χ1v) is 28.0. The molecule has 4 heterocycles. The second kappa shape index (κ2) is 28.6. The number of carbonyl (C=O) groups excluding carboxylic acids is 2. The molecule has 458 valence electrons. The van der Waals surface area contributed by atoms with Crippen molar-refractivity contribution in [2.24, 2.45) is 23.7 Å². The lowest BCUT2D eigenvalue weighted by atomic mass is 9.72. The number of aliphatic hydroxyl groups excluding tert-OH is 14. The van der Waals surface area contributed by atoms with Crippen molar-refractivity contribution in [3.05, 3.63) is 24.3 Å². The van der Waals surface area contributed by atoms with Gasteiger partial charge in [0.15, 0.2) is 31.1 Å². The fourth-order valence-electron chi connectivity index (χ4n) is 12.8. The first kappa shape index (κ1) is 63.5. The Morgan fingerprint density at radius 3 is 1.57 bits per heavy atom. The van der Waals surface area contributed by atoms with E-state index in [2.05, 4.69) is 0 Å². The van der Waals surface area contributed by atoms with Crippen LogP contribution in [0, 0.1) is 23.7 Å². The summed E-state index contributed by atoms with van der Waals surface area (Å²) in [6.07, 6.45) is -25.7. The van der Waals surface area contributed by atoms with E-state index in [9.17, 15) is 81.1 Å². The van der Waals surface area contributed by atoms with Crippen molar-refractivity contribution in [3.8, 4) is 0 Å². The van der Waals surface area contributed by atoms with Crippen LogP contribution in [0.1, 0.15) is 77.0 Å². The molecular formula is C53H85O27+. The molecule has 0 aromatic heterocycles. The number of fused-ring (bicyclic) bond motifs is 1. The van der Waals surface area contributed by atoms with E-state index in [0.717, 1.165) is 6.08 Å². The molecule has 30 atom stereocenters. The van der Waals surface area contributed by atoms with Crippen LogP contribution in [0.2, 0.25) is 0 Å². The van der Waals surface area contributed by atoms with Gasteiger partial charge in [0.2, 0.25) is 0 Å². The highest BCUT2D eigenvalue weighted by Crippen LogP contribution is 2.45. The summed E-state index contributed by atoms with van der Waals surface area (Å²) < 4.78 is 64.1. The minimum absolute atomic E-state index is 0.0423. The largest absolute Gasteiger partial charge is 0.460 e. The predicted molar refractivity (Wildman–Crippen MR) is 267 cm³/mol. The Kier molecular flexibility index (Phi) is 22.7. The first-order chi connectivity index (χ1) is 38.2. The van der Waals surface area contributed by atoms with Gasteiger partial charge in [0, 0.05) is 45.1 Å². The summed E-state index contributed by atoms with van der Waals surface area (Å²) in [7, 11) is 2.95. The van der Waals surface area contributed by atoms with Crippen molar-refractivity contribution >= 4 is 11.9 Å². The molecule has 4 aliphatic carbocycles. The molecule has 15 N–H and O–H groups in total. The average Bonchev–Trinajstić information content (AvgIpc) is 3.44. The van der Waals surface area contributed by atoms with Gasteiger partial charge in [0.25, 0.3) is 0 Å². The van der Waals surface area contributed by atoms with Crippen molar-refractivity contribution in [3.63, 3.8) is 0 Å². The predicted octanol–water partition coefficient (Wildman–Crippen LogP) is -5.29. The zero-order chi connectivity index (χ0) is 57.7. The van der Waals surface area contributed by atoms with E-state index in [1.807, 2.05) is 0 Å². The summed E-state index contributed by atoms with van der Waals surface area (Å²) in [5.41, 5.74) is 0. The fraction of sp³-hybridized carbons (Fsp3) is 0.887. The number of aliphatic hydroxyl groups is 16. The van der Waals surface area contributed by atoms with Crippen molar-refractivity contribution in [2.45, 2.75) is 236 Å². The van der Waals surface area contributed by atoms with Gasteiger partial charge in [0.1, 0.15) is 92.6 Å². The molecule has 4 aliphatic heterocycles. The van der Waals surface area contributed by atoms with Gasteiger partial charge in [-0.25, -0.2) is 9.59 Å². The van der Waals surface area contributed by atoms with Gasteiger partial charge in [-0.05, 0) is 76.0 Å². The monoisotopic (exact) mass is 1150 g/mol. The molecule has 0 aromatic rings. The topological polar surface area (TPSA) is 422 Å². The fourth-order valence-corrected chi connectivity index (χ4v) is 12.8. The maximum Gasteiger partial charge on any atom is 0.330 e. The van der Waals surface area contributed by atoms with Gasteiger partial charge in [-0.15, -0.1) is 0 Å². The van der Waals surface area contributed by atoms with Crippen LogP contribution < -0.4 is 0 Å². The highest BCUT2D eigenvalue weighted by Gasteiger charge is 2.58. The third kappa shape index (κ3) is 15.1. The van der Waals surface area contributed by atoms with E-state index >= 15 is 0 Å². The van der Waals surface area contributed by atoms with Crippen molar-refractivity contribution in [1.82, 2.24) is 0 Å². The number of allylic oxidation sites excluding steroid dienone is 2. The summed E-state index contributed by atoms with van der Waals surface area (Å²) in [4.78, 5) is 25.6. The molecule has 8 aliphatic rings. The van der Waals surface area contributed by atoms with Crippen molar-refractivity contribution < 1.29 is 133 Å². The van der Waals surface area contributed by atoms with Crippen LogP contribution >= 0.6 is 0 Å². The normalized spacial score (nSPS) is 48.6. The summed E-state index contributed by atoms with van der Waals surface area (Å²) in [5.74, 6) is -2.94. The van der Waals surface area contributed by atoms with E-state index in [4.69, 9.17) is 52.1 Å². The van der Waals surface area contributed by atoms with E-state index in [1.165, 1.54) is 20.3 Å². The molecule has 0 amide bonds. The number of ether oxygens (including phenoxy) is 11. The third-order valence-corrected chi connectivity index (χ3v) is 17.6. The summed E-state index contributed by atoms with van der Waals surface area (Å²) >= 11 is 0. The lowest BCUT2D eigenvalue weighted by molar-refractivity contribution is -0.390. The Labute approximate surface area is 462 Å². The second-order valence-corrected chi connectivity index (χ2v) is 22.9. The molecule has 0 bridgehead atoms. The minimum Gasteiger partial charge on any atom is -0.460 e. The summed E-state index contributed by atoms with van der Waals surface area (Å²) in [6, 6.07) is 0. The quantitative estimate of drug-likeness (QED) is 0.0346. The van der Waals surface area contributed by atoms with Crippen LogP contribution in [0.5, 0.6) is 0 Å². The van der Waals surface area contributed by atoms with Gasteiger partial charge >= 0.3 is 11.9 Å². The Balaban J connectivity index is 0.981. The molecule has 27 heteroatoms. The Morgan fingerprint density at radius 1 is 0.487 bits per heavy atom. The zero-order valence-corrected chi connectivity index (χ0v) is 44.8. The minimum atomic E-state index is -2.00. The molecule has 4 saturated carbocycles. The van der Waals surface area contributed by atoms with Crippen molar-refractivity contribution in [1.29, 1.82) is 0 Å². The molecule has 8 rings (SSSR count). The van der Waals surface area contributed by atoms with Crippen LogP contribution in [-0.2, 0) is 57.0 Å². The van der Waals surface area contributed by atoms with Crippen LogP contribution in [0.3, 0.4) is 0 Å². The van der Waals surface area contributed by atoms with E-state index in [-0.39, 0.29) is 43.4 Å². The molecule has 27 nitrogen and oxygen atoms in total. The highest BCUT2D eigenvalue weighted by atomic mass is 16.8. The average molecular weight is 1150 g/mol. The van der Waals surface area contributed by atoms with Gasteiger partial charge in [0.05, 0.1) is 61.4 Å². The van der Waals surface area contributed by atoms with Gasteiger partial charge in [-0.1, -0.05) is 12.2 Å². The highest BCUT2D eigenvalue weighted by molar-refractivity contribution is 5.82. The number of carbonyl (C=O) groups is 2. The maximum atomic E-state index is 12.9. The lowest BCUT2D eigenvalue weighted by Gasteiger charge is -2.51. The van der Waals surface area contributed by atoms with Gasteiger partial charge in [-0.3, -0.25) is 0 Å². The number of hydrogen-bond acceptors (Lipinski definition) is 26. The Hall–Kier alpha value is -2.50. The first-order valence-electron chi connectivity index (χ1n) is 28.0. The molecule has 8 fully saturated rings. The van der Waals surface area contributed by atoms with E-state index in [0.29, 0.717) is 51.4 Å². The Bertz CT molecular complexity index is 2020. The molecule has 0 spiro atoms. The third-order valence-electron chi connectivity index (χ3n) is 17.6. The van der Waals surface area contributed by atoms with Gasteiger partial charge < -0.3 is 124 Å². The SMILES string of the molecule is COC1CC(C=CC(=O)OCC2OC(OC3C(OC4CC5C(OC6OC(COC(=O)C=CC7CCC(O)C(O)C7)C(O)C(O)C6O)CC(O)CC5[OH+]C4C4CCC(O)C(OC)C4)OC(CO)C(O)C3O)C(O)C(O)C2O)CCC1O. The van der Waals surface area contributed by atoms with E-state index in [1.54, 1.807) is 12.2 Å². The standard InChI is InChI=1S/C53H84O27/c1-70-33-14-23(4-9-28(33)57)6-12-40(61)73-21-38-43(64)45(66)48(69)52(79-38)80-50-46(67)41(62)36(19-54)77-53(50)76-35-18-26-31(74-49(35)24-7-10-29(58)34(15-24)71-2)16-25(55)17-32(26)75-51-47(68)44(65)42(63)37(78-51)20-72-39(60)11-5-22-3-8-27(56)30(59)13-22/h5-6,11-12,22-38,41-59,62-69H,3-4,7-10,13-21H2,1-2H3/p+1. The molecule has 30 unspecified atom stereocenters. The lowest BCUT2D eigenvalue weighted by Crippen LogP contribution is -2.66. The Morgan fingerprint density at radius 2 is 1.00 bits per heavy atom. The van der Waals surface area contributed by atoms with Crippen LogP contribution in [0.25, 0.3) is 0 Å². The van der Waals surface area contributed by atoms with Crippen LogP contribution in [0.4, 0.5) is 0 Å². The summed E-state index contributed by atoms with van der Waals surface area (Å²) in [5, 5.41) is 152. The second-order valence-electron chi connectivity index (χ2n) is 22.9.